The molecule has 2 unspecified atom stereocenters. The monoisotopic (exact) mass is 521 g/mol. The number of carbonyl (C=O) groups excluding carboxylic acids is 1. The summed E-state index contributed by atoms with van der Waals surface area (Å²) in [5.74, 6) is -1.16. The number of hydrogen-bond donors (Lipinski definition) is 1. The highest BCUT2D eigenvalue weighted by atomic mass is 32.1. The summed E-state index contributed by atoms with van der Waals surface area (Å²) >= 11 is 0. The van der Waals surface area contributed by atoms with Gasteiger partial charge in [-0.2, -0.15) is 13.5 Å². The molecule has 36 heavy (non-hydrogen) atoms. The fraction of sp³-hybridized carbons (Fsp3) is 0.444. The number of rotatable bonds is 5. The van der Waals surface area contributed by atoms with E-state index in [1.54, 1.807) is 22.9 Å². The summed E-state index contributed by atoms with van der Waals surface area (Å²) in [5.41, 5.74) is 0.240. The van der Waals surface area contributed by atoms with E-state index < -0.39 is 23.3 Å². The molecule has 2 aromatic carbocycles. The normalized spacial score (nSPS) is 24.6. The quantitative estimate of drug-likeness (QED) is 0.629. The molecule has 2 aromatic rings. The van der Waals surface area contributed by atoms with Crippen LogP contribution in [0.4, 0.5) is 18.0 Å². The van der Waals surface area contributed by atoms with Gasteiger partial charge < -0.3 is 19.8 Å². The molecule has 4 rings (SSSR count). The highest BCUT2D eigenvalue weighted by Crippen LogP contribution is 2.44. The summed E-state index contributed by atoms with van der Waals surface area (Å²) in [5, 5.41) is 10.0. The van der Waals surface area contributed by atoms with Gasteiger partial charge in [0.25, 0.3) is 0 Å². The highest BCUT2D eigenvalue weighted by molar-refractivity contribution is 7.59. The van der Waals surface area contributed by atoms with Crippen LogP contribution in [0.15, 0.2) is 54.6 Å². The minimum absolute atomic E-state index is 0. The number of likely N-dealkylation sites (tertiary alicyclic amines) is 1. The molecule has 2 aliphatic rings. The third-order valence-corrected chi connectivity index (χ3v) is 7.23. The minimum atomic E-state index is -1.06. The number of aliphatic hydroxyl groups excluding tert-OH is 1. The number of halogens is 3. The zero-order valence-corrected chi connectivity index (χ0v) is 21.6. The predicted molar refractivity (Wildman–Crippen MR) is 140 cm³/mol. The lowest BCUT2D eigenvalue weighted by Gasteiger charge is -2.42. The standard InChI is InChI=1S/C27H32F3N3O2.H2S/c1-31-12-10-23(14-22(29)18-31)32(2)26(35)33-17-19(24-15-21(28)8-9-25(24)30)16-27(33,11-13-34)20-6-4-3-5-7-20;/h3-9,15-16,22-23,34H,10-14,17-18H2,1-2H3;1H2/t22?,23?,27-;/m0./s1. The van der Waals surface area contributed by atoms with Gasteiger partial charge in [0.2, 0.25) is 0 Å². The molecule has 1 N–H and O–H groups in total. The molecule has 0 aliphatic carbocycles. The Bertz CT molecular complexity index is 1090. The average Bonchev–Trinajstić information content (AvgIpc) is 3.14. The van der Waals surface area contributed by atoms with Gasteiger partial charge >= 0.3 is 6.03 Å². The lowest BCUT2D eigenvalue weighted by Crippen LogP contribution is -2.53. The number of aliphatic hydroxyl groups is 1. The highest BCUT2D eigenvalue weighted by Gasteiger charge is 2.46. The second kappa shape index (κ2) is 11.7. The molecule has 2 aliphatic heterocycles. The van der Waals surface area contributed by atoms with Crippen LogP contribution in [0.5, 0.6) is 0 Å². The van der Waals surface area contributed by atoms with E-state index in [0.29, 0.717) is 25.1 Å². The van der Waals surface area contributed by atoms with Crippen LogP contribution < -0.4 is 0 Å². The van der Waals surface area contributed by atoms with Gasteiger partial charge in [0.15, 0.2) is 0 Å². The molecular formula is C27H34F3N3O2S. The van der Waals surface area contributed by atoms with E-state index in [4.69, 9.17) is 0 Å². The van der Waals surface area contributed by atoms with Gasteiger partial charge in [0.05, 0.1) is 5.54 Å². The maximum Gasteiger partial charge on any atom is 0.321 e. The van der Waals surface area contributed by atoms with Crippen LogP contribution in [0, 0.1) is 11.6 Å². The van der Waals surface area contributed by atoms with Gasteiger partial charge in [0.1, 0.15) is 17.8 Å². The molecule has 1 saturated heterocycles. The largest absolute Gasteiger partial charge is 0.396 e. The number of carbonyl (C=O) groups is 1. The molecule has 9 heteroatoms. The molecule has 0 radical (unpaired) electrons. The van der Waals surface area contributed by atoms with Crippen molar-refractivity contribution in [1.29, 1.82) is 0 Å². The summed E-state index contributed by atoms with van der Waals surface area (Å²) in [6.45, 7) is 0.801. The van der Waals surface area contributed by atoms with Crippen molar-refractivity contribution in [3.05, 3.63) is 77.4 Å². The molecule has 5 nitrogen and oxygen atoms in total. The number of urea groups is 1. The second-order valence-electron chi connectivity index (χ2n) is 9.57. The summed E-state index contributed by atoms with van der Waals surface area (Å²) < 4.78 is 43.3. The zero-order valence-electron chi connectivity index (χ0n) is 20.6. The number of benzene rings is 2. The van der Waals surface area contributed by atoms with Crippen molar-refractivity contribution in [1.82, 2.24) is 14.7 Å². The van der Waals surface area contributed by atoms with Crippen molar-refractivity contribution in [3.63, 3.8) is 0 Å². The van der Waals surface area contributed by atoms with Crippen LogP contribution in [0.25, 0.3) is 5.57 Å². The summed E-state index contributed by atoms with van der Waals surface area (Å²) in [6.07, 6.45) is 1.76. The molecule has 3 atom stereocenters. The van der Waals surface area contributed by atoms with Crippen LogP contribution in [0.2, 0.25) is 0 Å². The van der Waals surface area contributed by atoms with E-state index in [2.05, 4.69) is 0 Å². The van der Waals surface area contributed by atoms with Crippen LogP contribution in [-0.2, 0) is 5.54 Å². The van der Waals surface area contributed by atoms with Crippen LogP contribution in [-0.4, -0.2) is 78.4 Å². The summed E-state index contributed by atoms with van der Waals surface area (Å²) in [7, 11) is 3.53. The summed E-state index contributed by atoms with van der Waals surface area (Å²) in [4.78, 5) is 19.1. The number of amides is 2. The molecule has 0 aromatic heterocycles. The lowest BCUT2D eigenvalue weighted by atomic mass is 9.85. The van der Waals surface area contributed by atoms with Gasteiger partial charge in [-0.25, -0.2) is 18.0 Å². The molecule has 2 amide bonds. The second-order valence-corrected chi connectivity index (χ2v) is 9.57. The van der Waals surface area contributed by atoms with Crippen molar-refractivity contribution in [3.8, 4) is 0 Å². The van der Waals surface area contributed by atoms with E-state index in [1.807, 2.05) is 42.3 Å². The Kier molecular flexibility index (Phi) is 9.13. The number of nitrogens with zero attached hydrogens (tertiary/aromatic N) is 3. The van der Waals surface area contributed by atoms with E-state index in [0.717, 1.165) is 23.8 Å². The van der Waals surface area contributed by atoms with Gasteiger partial charge in [-0.3, -0.25) is 0 Å². The Morgan fingerprint density at radius 1 is 1.19 bits per heavy atom. The van der Waals surface area contributed by atoms with Crippen molar-refractivity contribution in [2.45, 2.75) is 37.0 Å². The third-order valence-electron chi connectivity index (χ3n) is 7.23. The smallest absolute Gasteiger partial charge is 0.321 e. The zero-order chi connectivity index (χ0) is 25.2. The molecule has 0 spiro atoms. The van der Waals surface area contributed by atoms with Crippen LogP contribution in [0.3, 0.4) is 0 Å². The van der Waals surface area contributed by atoms with E-state index in [1.165, 1.54) is 0 Å². The van der Waals surface area contributed by atoms with Gasteiger partial charge in [-0.05, 0) is 55.4 Å². The number of alkyl halides is 1. The van der Waals surface area contributed by atoms with Gasteiger partial charge in [-0.15, -0.1) is 0 Å². The first-order valence-corrected chi connectivity index (χ1v) is 12.0. The maximum atomic E-state index is 14.7. The van der Waals surface area contributed by atoms with E-state index in [-0.39, 0.29) is 57.1 Å². The molecule has 1 fully saturated rings. The minimum Gasteiger partial charge on any atom is -0.396 e. The van der Waals surface area contributed by atoms with Crippen molar-refractivity contribution in [2.75, 3.05) is 40.3 Å². The molecule has 0 saturated carbocycles. The molecule has 2 heterocycles. The Morgan fingerprint density at radius 2 is 1.92 bits per heavy atom. The predicted octanol–water partition coefficient (Wildman–Crippen LogP) is 4.54. The first-order chi connectivity index (χ1) is 16.7. The van der Waals surface area contributed by atoms with Crippen molar-refractivity contribution in [2.24, 2.45) is 0 Å². The van der Waals surface area contributed by atoms with Crippen LogP contribution >= 0.6 is 13.5 Å². The Balaban J connectivity index is 0.00000361. The van der Waals surface area contributed by atoms with Crippen molar-refractivity contribution < 1.29 is 23.1 Å². The number of hydrogen-bond acceptors (Lipinski definition) is 3. The molecule has 196 valence electrons. The van der Waals surface area contributed by atoms with Gasteiger partial charge in [-0.1, -0.05) is 30.3 Å². The first kappa shape index (κ1) is 28.1. The average molecular weight is 522 g/mol. The Hall–Kier alpha value is -2.49. The Labute approximate surface area is 217 Å². The van der Waals surface area contributed by atoms with E-state index >= 15 is 0 Å². The fourth-order valence-corrected chi connectivity index (χ4v) is 5.34. The molecule has 0 bridgehead atoms. The third kappa shape index (κ3) is 5.58. The topological polar surface area (TPSA) is 47.0 Å². The first-order valence-electron chi connectivity index (χ1n) is 12.0. The van der Waals surface area contributed by atoms with Crippen LogP contribution in [0.1, 0.15) is 30.4 Å². The van der Waals surface area contributed by atoms with Crippen molar-refractivity contribution >= 4 is 25.1 Å². The fourth-order valence-electron chi connectivity index (χ4n) is 5.34. The molecular weight excluding hydrogens is 487 g/mol. The maximum absolute atomic E-state index is 14.7. The lowest BCUT2D eigenvalue weighted by molar-refractivity contribution is 0.0956. The SMILES string of the molecule is CN1CCC(N(C)C(=O)N2CC(c3cc(F)ccc3F)=C[C@@]2(CCO)c2ccccc2)CC(F)C1.S. The van der Waals surface area contributed by atoms with E-state index in [9.17, 15) is 23.1 Å². The van der Waals surface area contributed by atoms with Gasteiger partial charge in [0, 0.05) is 51.2 Å². The summed E-state index contributed by atoms with van der Waals surface area (Å²) in [6, 6.07) is 11.8. The Morgan fingerprint density at radius 3 is 2.61 bits per heavy atom.